The van der Waals surface area contributed by atoms with Crippen molar-refractivity contribution >= 4 is 22.4 Å². The first-order chi connectivity index (χ1) is 6.95. The first kappa shape index (κ1) is 7.32. The highest BCUT2D eigenvalue weighted by Gasteiger charge is 2.09. The average Bonchev–Trinajstić information content (AvgIpc) is 2.29. The topological polar surface area (TPSA) is 49.8 Å². The minimum Gasteiger partial charge on any atom is -0.359 e. The lowest BCUT2D eigenvalue weighted by Gasteiger charge is -2.15. The molecule has 0 saturated heterocycles. The van der Waals surface area contributed by atoms with Crippen molar-refractivity contribution < 1.29 is 0 Å². The van der Waals surface area contributed by atoms with Gasteiger partial charge in [-0.3, -0.25) is 9.97 Å². The van der Waals surface area contributed by atoms with Gasteiger partial charge in [-0.15, -0.1) is 0 Å². The summed E-state index contributed by atoms with van der Waals surface area (Å²) in [4.78, 5) is 8.53. The fourth-order valence-corrected chi connectivity index (χ4v) is 1.56. The Morgan fingerprint density at radius 3 is 2.79 bits per heavy atom. The average molecular weight is 184 g/mol. The molecule has 0 amide bonds. The van der Waals surface area contributed by atoms with Crippen molar-refractivity contribution in [1.82, 2.24) is 9.97 Å². The van der Waals surface area contributed by atoms with Gasteiger partial charge in [0.25, 0.3) is 0 Å². The number of fused-ring (bicyclic) bond motifs is 3. The van der Waals surface area contributed by atoms with Crippen LogP contribution in [0.5, 0.6) is 0 Å². The Bertz CT molecular complexity index is 519. The molecule has 0 bridgehead atoms. The maximum atomic E-state index is 4.30. The van der Waals surface area contributed by atoms with E-state index in [1.54, 1.807) is 12.4 Å². The highest BCUT2D eigenvalue weighted by atomic mass is 15.0. The van der Waals surface area contributed by atoms with Crippen molar-refractivity contribution in [2.45, 2.75) is 0 Å². The van der Waals surface area contributed by atoms with Crippen LogP contribution in [0.25, 0.3) is 11.0 Å². The minimum absolute atomic E-state index is 0.891. The Labute approximate surface area is 80.7 Å². The Morgan fingerprint density at radius 2 is 1.79 bits per heavy atom. The molecule has 3 rings (SSSR count). The highest BCUT2D eigenvalue weighted by Crippen LogP contribution is 2.30. The predicted octanol–water partition coefficient (Wildman–Crippen LogP) is 1.94. The third-order valence-electron chi connectivity index (χ3n) is 2.19. The van der Waals surface area contributed by atoms with Crippen LogP contribution in [0, 0.1) is 0 Å². The molecule has 2 aromatic rings. The first-order valence-corrected chi connectivity index (χ1v) is 4.37. The molecule has 1 aromatic carbocycles. The molecule has 1 aliphatic rings. The number of aromatic nitrogens is 2. The van der Waals surface area contributed by atoms with Crippen molar-refractivity contribution in [3.05, 3.63) is 36.9 Å². The van der Waals surface area contributed by atoms with Crippen LogP contribution in [-0.4, -0.2) is 9.97 Å². The largest absolute Gasteiger partial charge is 0.359 e. The van der Waals surface area contributed by atoms with Crippen molar-refractivity contribution in [1.29, 1.82) is 0 Å². The van der Waals surface area contributed by atoms with E-state index in [1.165, 1.54) is 0 Å². The second kappa shape index (κ2) is 2.70. The third kappa shape index (κ3) is 0.939. The molecule has 0 fully saturated rings. The lowest BCUT2D eigenvalue weighted by atomic mass is 10.2. The molecule has 1 aliphatic heterocycles. The highest BCUT2D eigenvalue weighted by molar-refractivity contribution is 5.96. The van der Waals surface area contributed by atoms with Gasteiger partial charge in [0, 0.05) is 24.8 Å². The van der Waals surface area contributed by atoms with E-state index >= 15 is 0 Å². The fraction of sp³-hybridized carbons (Fsp3) is 0. The van der Waals surface area contributed by atoms with Crippen LogP contribution >= 0.6 is 0 Å². The summed E-state index contributed by atoms with van der Waals surface area (Å²) < 4.78 is 0. The van der Waals surface area contributed by atoms with E-state index in [1.807, 2.05) is 24.5 Å². The zero-order chi connectivity index (χ0) is 9.38. The Hall–Kier alpha value is -2.10. The van der Waals surface area contributed by atoms with E-state index in [2.05, 4.69) is 20.6 Å². The van der Waals surface area contributed by atoms with Crippen LogP contribution in [0.3, 0.4) is 0 Å². The summed E-state index contributed by atoms with van der Waals surface area (Å²) in [6.07, 6.45) is 7.09. The minimum atomic E-state index is 0.891. The molecule has 0 aliphatic carbocycles. The molecular formula is C10H8N4. The Morgan fingerprint density at radius 1 is 0.929 bits per heavy atom. The molecule has 0 unspecified atom stereocenters. The van der Waals surface area contributed by atoms with Gasteiger partial charge in [-0.2, -0.15) is 0 Å². The predicted molar refractivity (Wildman–Crippen MR) is 55.9 cm³/mol. The molecule has 0 radical (unpaired) electrons. The van der Waals surface area contributed by atoms with Gasteiger partial charge in [0.15, 0.2) is 0 Å². The molecule has 0 atom stereocenters. The van der Waals surface area contributed by atoms with Gasteiger partial charge in [-0.25, -0.2) is 0 Å². The number of rotatable bonds is 0. The zero-order valence-electron chi connectivity index (χ0n) is 7.36. The van der Waals surface area contributed by atoms with Crippen molar-refractivity contribution in [3.8, 4) is 0 Å². The molecule has 14 heavy (non-hydrogen) atoms. The van der Waals surface area contributed by atoms with E-state index < -0.39 is 0 Å². The third-order valence-corrected chi connectivity index (χ3v) is 2.19. The summed E-state index contributed by atoms with van der Waals surface area (Å²) >= 11 is 0. The van der Waals surface area contributed by atoms with E-state index in [-0.39, 0.29) is 0 Å². The molecular weight excluding hydrogens is 176 g/mol. The Balaban J connectivity index is 2.37. The molecule has 4 heteroatoms. The van der Waals surface area contributed by atoms with Gasteiger partial charge >= 0.3 is 0 Å². The van der Waals surface area contributed by atoms with Crippen LogP contribution in [0.4, 0.5) is 11.4 Å². The molecule has 68 valence electrons. The Kier molecular flexibility index (Phi) is 1.41. The normalized spacial score (nSPS) is 13.1. The van der Waals surface area contributed by atoms with E-state index in [4.69, 9.17) is 0 Å². The first-order valence-electron chi connectivity index (χ1n) is 4.37. The van der Waals surface area contributed by atoms with Crippen LogP contribution in [0.15, 0.2) is 36.9 Å². The monoisotopic (exact) mass is 184 g/mol. The van der Waals surface area contributed by atoms with Crippen LogP contribution < -0.4 is 10.6 Å². The molecule has 0 spiro atoms. The van der Waals surface area contributed by atoms with Crippen molar-refractivity contribution in [2.24, 2.45) is 0 Å². The lowest BCUT2D eigenvalue weighted by molar-refractivity contribution is 1.29. The molecule has 1 aromatic heterocycles. The summed E-state index contributed by atoms with van der Waals surface area (Å²) in [6, 6.07) is 3.94. The number of anilines is 2. The van der Waals surface area contributed by atoms with Gasteiger partial charge < -0.3 is 10.6 Å². The van der Waals surface area contributed by atoms with E-state index in [0.717, 1.165) is 22.4 Å². The maximum Gasteiger partial charge on any atom is 0.114 e. The summed E-state index contributed by atoms with van der Waals surface area (Å²) in [6.45, 7) is 0. The van der Waals surface area contributed by atoms with E-state index in [9.17, 15) is 0 Å². The van der Waals surface area contributed by atoms with Gasteiger partial charge in [-0.1, -0.05) is 0 Å². The lowest BCUT2D eigenvalue weighted by Crippen LogP contribution is -2.03. The number of hydrogen-bond acceptors (Lipinski definition) is 4. The quantitative estimate of drug-likeness (QED) is 0.657. The summed E-state index contributed by atoms with van der Waals surface area (Å²) in [7, 11) is 0. The summed E-state index contributed by atoms with van der Waals surface area (Å²) in [5, 5.41) is 6.30. The van der Waals surface area contributed by atoms with Crippen LogP contribution in [0.2, 0.25) is 0 Å². The number of nitrogens with one attached hydrogen (secondary N) is 2. The van der Waals surface area contributed by atoms with Crippen LogP contribution in [-0.2, 0) is 0 Å². The summed E-state index contributed by atoms with van der Waals surface area (Å²) in [5.74, 6) is 0. The smallest absolute Gasteiger partial charge is 0.114 e. The van der Waals surface area contributed by atoms with Crippen molar-refractivity contribution in [3.63, 3.8) is 0 Å². The SMILES string of the molecule is C1=CNc2c(ccc3nccnc23)N1. The number of nitrogens with zero attached hydrogens (tertiary/aromatic N) is 2. The number of benzene rings is 1. The molecule has 2 heterocycles. The summed E-state index contributed by atoms with van der Waals surface area (Å²) in [5.41, 5.74) is 3.80. The molecule has 0 saturated carbocycles. The second-order valence-corrected chi connectivity index (χ2v) is 3.03. The molecule has 2 N–H and O–H groups in total. The van der Waals surface area contributed by atoms with E-state index in [0.29, 0.717) is 0 Å². The van der Waals surface area contributed by atoms with Gasteiger partial charge in [0.1, 0.15) is 5.52 Å². The van der Waals surface area contributed by atoms with Crippen molar-refractivity contribution in [2.75, 3.05) is 10.6 Å². The van der Waals surface area contributed by atoms with Gasteiger partial charge in [0.2, 0.25) is 0 Å². The van der Waals surface area contributed by atoms with Gasteiger partial charge in [-0.05, 0) is 12.1 Å². The number of hydrogen-bond donors (Lipinski definition) is 2. The molecule has 4 nitrogen and oxygen atoms in total. The fourth-order valence-electron chi connectivity index (χ4n) is 1.56. The van der Waals surface area contributed by atoms with Gasteiger partial charge in [0.05, 0.1) is 16.9 Å². The van der Waals surface area contributed by atoms with Crippen LogP contribution in [0.1, 0.15) is 0 Å². The maximum absolute atomic E-state index is 4.30. The standard InChI is InChI=1S/C10H8N4/c1-2-8-10(14-6-4-12-8)9-7(1)11-3-5-13-9/h1-6,11,13H. The second-order valence-electron chi connectivity index (χ2n) is 3.03. The zero-order valence-corrected chi connectivity index (χ0v) is 7.36.